The first-order valence-electron chi connectivity index (χ1n) is 5.16. The zero-order chi connectivity index (χ0) is 9.68. The van der Waals surface area contributed by atoms with Crippen LogP contribution in [-0.2, 0) is 4.79 Å². The average Bonchev–Trinajstić information content (AvgIpc) is 2.88. The van der Waals surface area contributed by atoms with Crippen molar-refractivity contribution in [1.29, 1.82) is 0 Å². The van der Waals surface area contributed by atoms with Crippen molar-refractivity contribution in [3.8, 4) is 0 Å². The van der Waals surface area contributed by atoms with E-state index in [1.807, 2.05) is 14.0 Å². The third-order valence-electron chi connectivity index (χ3n) is 2.51. The van der Waals surface area contributed by atoms with Crippen LogP contribution in [0.1, 0.15) is 26.2 Å². The molecule has 3 nitrogen and oxygen atoms in total. The molecule has 0 aromatic carbocycles. The molecule has 76 valence electrons. The normalized spacial score (nSPS) is 18.3. The minimum Gasteiger partial charge on any atom is -0.356 e. The van der Waals surface area contributed by atoms with E-state index in [1.54, 1.807) is 0 Å². The Morgan fingerprint density at radius 3 is 2.77 bits per heavy atom. The van der Waals surface area contributed by atoms with Gasteiger partial charge in [-0.25, -0.2) is 0 Å². The maximum atomic E-state index is 11.4. The predicted octanol–water partition coefficient (Wildman–Crippen LogP) is 0.758. The molecular formula is C10H20N2O. The zero-order valence-electron chi connectivity index (χ0n) is 8.60. The van der Waals surface area contributed by atoms with Crippen molar-refractivity contribution in [2.75, 3.05) is 20.1 Å². The highest BCUT2D eigenvalue weighted by molar-refractivity contribution is 5.78. The lowest BCUT2D eigenvalue weighted by Gasteiger charge is -2.10. The molecule has 1 amide bonds. The number of carbonyl (C=O) groups excluding carboxylic acids is 1. The monoisotopic (exact) mass is 184 g/mol. The van der Waals surface area contributed by atoms with E-state index in [-0.39, 0.29) is 11.8 Å². The number of nitrogens with one attached hydrogen (secondary N) is 2. The van der Waals surface area contributed by atoms with Gasteiger partial charge in [0, 0.05) is 19.0 Å². The van der Waals surface area contributed by atoms with Gasteiger partial charge in [-0.3, -0.25) is 4.79 Å². The molecule has 0 aliphatic heterocycles. The molecule has 1 aliphatic rings. The van der Waals surface area contributed by atoms with Gasteiger partial charge in [-0.1, -0.05) is 19.8 Å². The van der Waals surface area contributed by atoms with Crippen LogP contribution in [-0.4, -0.2) is 26.0 Å². The first-order valence-corrected chi connectivity index (χ1v) is 5.16. The first kappa shape index (κ1) is 10.5. The van der Waals surface area contributed by atoms with Crippen molar-refractivity contribution in [1.82, 2.24) is 10.6 Å². The Morgan fingerprint density at radius 1 is 1.54 bits per heavy atom. The topological polar surface area (TPSA) is 41.1 Å². The van der Waals surface area contributed by atoms with E-state index in [9.17, 15) is 4.79 Å². The van der Waals surface area contributed by atoms with E-state index in [0.29, 0.717) is 0 Å². The van der Waals surface area contributed by atoms with Crippen molar-refractivity contribution >= 4 is 5.91 Å². The van der Waals surface area contributed by atoms with Gasteiger partial charge in [0.15, 0.2) is 0 Å². The molecule has 1 fully saturated rings. The summed E-state index contributed by atoms with van der Waals surface area (Å²) < 4.78 is 0. The summed E-state index contributed by atoms with van der Waals surface area (Å²) in [7, 11) is 1.87. The van der Waals surface area contributed by atoms with Crippen molar-refractivity contribution in [2.45, 2.75) is 26.2 Å². The Hall–Kier alpha value is -0.570. The molecule has 0 heterocycles. The minimum absolute atomic E-state index is 0.0872. The molecule has 1 atom stereocenters. The third-order valence-corrected chi connectivity index (χ3v) is 2.51. The Bertz CT molecular complexity index is 166. The maximum absolute atomic E-state index is 11.4. The molecule has 0 spiro atoms. The first-order chi connectivity index (χ1) is 6.24. The molecule has 0 saturated heterocycles. The SMILES string of the molecule is CNCC(C)C(=O)NCCC1CC1. The summed E-state index contributed by atoms with van der Waals surface area (Å²) in [6, 6.07) is 0. The lowest BCUT2D eigenvalue weighted by Crippen LogP contribution is -2.34. The summed E-state index contributed by atoms with van der Waals surface area (Å²) in [4.78, 5) is 11.4. The number of rotatable bonds is 6. The molecule has 0 aromatic rings. The molecule has 2 N–H and O–H groups in total. The number of carbonyl (C=O) groups is 1. The van der Waals surface area contributed by atoms with Crippen LogP contribution in [0.4, 0.5) is 0 Å². The summed E-state index contributed by atoms with van der Waals surface area (Å²) in [5.41, 5.74) is 0. The van der Waals surface area contributed by atoms with Gasteiger partial charge in [-0.05, 0) is 19.4 Å². The summed E-state index contributed by atoms with van der Waals surface area (Å²) in [6.07, 6.45) is 3.89. The Balaban J connectivity index is 2.01. The molecule has 1 unspecified atom stereocenters. The second kappa shape index (κ2) is 5.22. The van der Waals surface area contributed by atoms with Gasteiger partial charge in [0.2, 0.25) is 5.91 Å². The Morgan fingerprint density at radius 2 is 2.23 bits per heavy atom. The van der Waals surface area contributed by atoms with Gasteiger partial charge >= 0.3 is 0 Å². The van der Waals surface area contributed by atoms with Gasteiger partial charge in [-0.15, -0.1) is 0 Å². The highest BCUT2D eigenvalue weighted by Crippen LogP contribution is 2.31. The highest BCUT2D eigenvalue weighted by atomic mass is 16.1. The molecule has 1 rings (SSSR count). The molecule has 1 aliphatic carbocycles. The van der Waals surface area contributed by atoms with Crippen LogP contribution in [0.5, 0.6) is 0 Å². The van der Waals surface area contributed by atoms with E-state index in [0.717, 1.165) is 25.4 Å². The van der Waals surface area contributed by atoms with Crippen molar-refractivity contribution in [3.05, 3.63) is 0 Å². The zero-order valence-corrected chi connectivity index (χ0v) is 8.60. The molecule has 0 bridgehead atoms. The largest absolute Gasteiger partial charge is 0.356 e. The fraction of sp³-hybridized carbons (Fsp3) is 0.900. The lowest BCUT2D eigenvalue weighted by molar-refractivity contribution is -0.124. The lowest BCUT2D eigenvalue weighted by atomic mass is 10.1. The molecule has 0 aromatic heterocycles. The highest BCUT2D eigenvalue weighted by Gasteiger charge is 2.21. The maximum Gasteiger partial charge on any atom is 0.224 e. The minimum atomic E-state index is 0.0872. The van der Waals surface area contributed by atoms with Crippen LogP contribution >= 0.6 is 0 Å². The molecule has 3 heteroatoms. The summed E-state index contributed by atoms with van der Waals surface area (Å²) >= 11 is 0. The van der Waals surface area contributed by atoms with Crippen LogP contribution in [0, 0.1) is 11.8 Å². The van der Waals surface area contributed by atoms with Crippen molar-refractivity contribution < 1.29 is 4.79 Å². The van der Waals surface area contributed by atoms with Gasteiger partial charge in [0.25, 0.3) is 0 Å². The van der Waals surface area contributed by atoms with E-state index in [1.165, 1.54) is 12.8 Å². The number of hydrogen-bond donors (Lipinski definition) is 2. The van der Waals surface area contributed by atoms with Crippen LogP contribution in [0.15, 0.2) is 0 Å². The summed E-state index contributed by atoms with van der Waals surface area (Å²) in [5, 5.41) is 5.96. The predicted molar refractivity (Wildman–Crippen MR) is 53.4 cm³/mol. The third kappa shape index (κ3) is 4.27. The second-order valence-corrected chi connectivity index (χ2v) is 3.98. The van der Waals surface area contributed by atoms with Crippen LogP contribution in [0.2, 0.25) is 0 Å². The van der Waals surface area contributed by atoms with Crippen LogP contribution in [0.25, 0.3) is 0 Å². The van der Waals surface area contributed by atoms with E-state index < -0.39 is 0 Å². The average molecular weight is 184 g/mol. The molecule has 1 saturated carbocycles. The number of amides is 1. The van der Waals surface area contributed by atoms with Crippen molar-refractivity contribution in [2.24, 2.45) is 11.8 Å². The van der Waals surface area contributed by atoms with Gasteiger partial charge < -0.3 is 10.6 Å². The summed E-state index contributed by atoms with van der Waals surface area (Å²) in [5.74, 6) is 1.17. The summed E-state index contributed by atoms with van der Waals surface area (Å²) in [6.45, 7) is 3.57. The molecular weight excluding hydrogens is 164 g/mol. The fourth-order valence-electron chi connectivity index (χ4n) is 1.38. The number of hydrogen-bond acceptors (Lipinski definition) is 2. The van der Waals surface area contributed by atoms with Gasteiger partial charge in [0.05, 0.1) is 0 Å². The van der Waals surface area contributed by atoms with E-state index in [2.05, 4.69) is 10.6 Å². The van der Waals surface area contributed by atoms with Crippen LogP contribution < -0.4 is 10.6 Å². The smallest absolute Gasteiger partial charge is 0.224 e. The van der Waals surface area contributed by atoms with Gasteiger partial charge in [0.1, 0.15) is 0 Å². The van der Waals surface area contributed by atoms with Crippen LogP contribution in [0.3, 0.4) is 0 Å². The Kier molecular flexibility index (Phi) is 4.22. The van der Waals surface area contributed by atoms with E-state index >= 15 is 0 Å². The molecule has 0 radical (unpaired) electrons. The van der Waals surface area contributed by atoms with E-state index in [4.69, 9.17) is 0 Å². The fourth-order valence-corrected chi connectivity index (χ4v) is 1.38. The second-order valence-electron chi connectivity index (χ2n) is 3.98. The quantitative estimate of drug-likeness (QED) is 0.640. The molecule has 13 heavy (non-hydrogen) atoms. The Labute approximate surface area is 80.3 Å². The standard InChI is InChI=1S/C10H20N2O/c1-8(7-11-2)10(13)12-6-5-9-3-4-9/h8-9,11H,3-7H2,1-2H3,(H,12,13). The van der Waals surface area contributed by atoms with Gasteiger partial charge in [-0.2, -0.15) is 0 Å². The van der Waals surface area contributed by atoms with Crippen molar-refractivity contribution in [3.63, 3.8) is 0 Å².